The van der Waals surface area contributed by atoms with E-state index < -0.39 is 0 Å². The molecule has 0 bridgehead atoms. The Hall–Kier alpha value is -1.48. The second kappa shape index (κ2) is 3.49. The number of aromatic nitrogens is 1. The molecule has 0 unspecified atom stereocenters. The number of aromatic amines is 1. The van der Waals surface area contributed by atoms with Crippen molar-refractivity contribution in [1.29, 1.82) is 0 Å². The number of benzene rings is 1. The average Bonchev–Trinajstić information content (AvgIpc) is 2.62. The first-order valence-corrected chi connectivity index (χ1v) is 4.09. The number of ether oxygens (including phenoxy) is 2. The molecule has 3 nitrogen and oxygen atoms in total. The lowest BCUT2D eigenvalue weighted by Gasteiger charge is -2.04. The summed E-state index contributed by atoms with van der Waals surface area (Å²) in [5.41, 5.74) is 1.01. The minimum absolute atomic E-state index is 0.276. The predicted octanol–water partition coefficient (Wildman–Crippen LogP) is 2.15. The highest BCUT2D eigenvalue weighted by Crippen LogP contribution is 2.23. The normalized spacial score (nSPS) is 10.5. The highest BCUT2D eigenvalue weighted by molar-refractivity contribution is 5.84. The van der Waals surface area contributed by atoms with Gasteiger partial charge in [-0.25, -0.2) is 0 Å². The van der Waals surface area contributed by atoms with Crippen LogP contribution in [0.15, 0.2) is 30.5 Å². The number of hydrogen-bond acceptors (Lipinski definition) is 2. The van der Waals surface area contributed by atoms with Gasteiger partial charge in [-0.2, -0.15) is 0 Å². The Morgan fingerprint density at radius 2 is 2.23 bits per heavy atom. The topological polar surface area (TPSA) is 34.2 Å². The molecule has 1 aromatic heterocycles. The fourth-order valence-corrected chi connectivity index (χ4v) is 1.30. The van der Waals surface area contributed by atoms with Crippen molar-refractivity contribution < 1.29 is 9.47 Å². The van der Waals surface area contributed by atoms with E-state index in [4.69, 9.17) is 9.47 Å². The SMILES string of the molecule is COCOc1cccc2cc[nH]c12. The van der Waals surface area contributed by atoms with Crippen LogP contribution in [0.5, 0.6) is 5.75 Å². The van der Waals surface area contributed by atoms with Crippen LogP contribution in [0.4, 0.5) is 0 Å². The monoisotopic (exact) mass is 177 g/mol. The predicted molar refractivity (Wildman–Crippen MR) is 50.8 cm³/mol. The third kappa shape index (κ3) is 1.51. The summed E-state index contributed by atoms with van der Waals surface area (Å²) in [7, 11) is 1.61. The van der Waals surface area contributed by atoms with Crippen molar-refractivity contribution in [1.82, 2.24) is 4.98 Å². The summed E-state index contributed by atoms with van der Waals surface area (Å²) in [6.07, 6.45) is 1.89. The third-order valence-electron chi connectivity index (χ3n) is 1.88. The van der Waals surface area contributed by atoms with Crippen LogP contribution in [0, 0.1) is 0 Å². The molecule has 2 aromatic rings. The van der Waals surface area contributed by atoms with Gasteiger partial charge in [0.25, 0.3) is 0 Å². The lowest BCUT2D eigenvalue weighted by molar-refractivity contribution is 0.0521. The van der Waals surface area contributed by atoms with E-state index in [0.29, 0.717) is 0 Å². The first-order chi connectivity index (χ1) is 6.42. The molecule has 68 valence electrons. The summed E-state index contributed by atoms with van der Waals surface area (Å²) in [4.78, 5) is 3.12. The number of fused-ring (bicyclic) bond motifs is 1. The lowest BCUT2D eigenvalue weighted by Crippen LogP contribution is -1.98. The zero-order chi connectivity index (χ0) is 9.10. The number of methoxy groups -OCH3 is 1. The third-order valence-corrected chi connectivity index (χ3v) is 1.88. The maximum atomic E-state index is 5.37. The summed E-state index contributed by atoms with van der Waals surface area (Å²) < 4.78 is 10.2. The lowest BCUT2D eigenvalue weighted by atomic mass is 10.2. The second-order valence-corrected chi connectivity index (χ2v) is 2.75. The fourth-order valence-electron chi connectivity index (χ4n) is 1.30. The molecule has 0 fully saturated rings. The van der Waals surface area contributed by atoms with Gasteiger partial charge in [-0.15, -0.1) is 0 Å². The second-order valence-electron chi connectivity index (χ2n) is 2.75. The number of H-pyrrole nitrogens is 1. The maximum Gasteiger partial charge on any atom is 0.188 e. The first-order valence-electron chi connectivity index (χ1n) is 4.09. The minimum Gasteiger partial charge on any atom is -0.465 e. The molecule has 0 aliphatic heterocycles. The quantitative estimate of drug-likeness (QED) is 0.729. The molecule has 0 aliphatic carbocycles. The van der Waals surface area contributed by atoms with E-state index in [1.54, 1.807) is 7.11 Å². The zero-order valence-corrected chi connectivity index (χ0v) is 7.41. The molecular formula is C10H11NO2. The highest BCUT2D eigenvalue weighted by atomic mass is 16.7. The van der Waals surface area contributed by atoms with E-state index >= 15 is 0 Å². The summed E-state index contributed by atoms with van der Waals surface area (Å²) >= 11 is 0. The molecule has 0 aliphatic rings. The molecule has 0 saturated heterocycles. The number of para-hydroxylation sites is 1. The Labute approximate surface area is 76.3 Å². The van der Waals surface area contributed by atoms with Gasteiger partial charge in [-0.1, -0.05) is 12.1 Å². The molecule has 1 heterocycles. The number of rotatable bonds is 3. The van der Waals surface area contributed by atoms with Crippen molar-refractivity contribution in [2.24, 2.45) is 0 Å². The smallest absolute Gasteiger partial charge is 0.188 e. The molecule has 1 aromatic carbocycles. The fraction of sp³-hybridized carbons (Fsp3) is 0.200. The Morgan fingerprint density at radius 1 is 1.31 bits per heavy atom. The molecule has 0 radical (unpaired) electrons. The minimum atomic E-state index is 0.276. The van der Waals surface area contributed by atoms with E-state index in [-0.39, 0.29) is 6.79 Å². The van der Waals surface area contributed by atoms with Gasteiger partial charge in [0, 0.05) is 18.7 Å². The van der Waals surface area contributed by atoms with Crippen LogP contribution in [0.2, 0.25) is 0 Å². The summed E-state index contributed by atoms with van der Waals surface area (Å²) in [6, 6.07) is 7.92. The van der Waals surface area contributed by atoms with Gasteiger partial charge in [0.1, 0.15) is 5.75 Å². The van der Waals surface area contributed by atoms with Gasteiger partial charge in [-0.3, -0.25) is 0 Å². The van der Waals surface area contributed by atoms with Crippen molar-refractivity contribution in [2.75, 3.05) is 13.9 Å². The summed E-state index contributed by atoms with van der Waals surface area (Å²) in [5, 5.41) is 1.15. The van der Waals surface area contributed by atoms with Crippen LogP contribution < -0.4 is 4.74 Å². The molecule has 0 amide bonds. The van der Waals surface area contributed by atoms with Crippen LogP contribution in [0.25, 0.3) is 10.9 Å². The van der Waals surface area contributed by atoms with Crippen LogP contribution >= 0.6 is 0 Å². The van der Waals surface area contributed by atoms with Crippen molar-refractivity contribution in [3.63, 3.8) is 0 Å². The van der Waals surface area contributed by atoms with Crippen molar-refractivity contribution in [3.05, 3.63) is 30.5 Å². The standard InChI is InChI=1S/C10H11NO2/c1-12-7-13-9-4-2-3-8-5-6-11-10(8)9/h2-6,11H,7H2,1H3. The Bertz CT molecular complexity index is 394. The molecule has 13 heavy (non-hydrogen) atoms. The van der Waals surface area contributed by atoms with Crippen LogP contribution in [-0.2, 0) is 4.74 Å². The van der Waals surface area contributed by atoms with E-state index in [1.165, 1.54) is 0 Å². The largest absolute Gasteiger partial charge is 0.465 e. The maximum absolute atomic E-state index is 5.37. The Morgan fingerprint density at radius 3 is 3.08 bits per heavy atom. The van der Waals surface area contributed by atoms with Gasteiger partial charge in [0.15, 0.2) is 6.79 Å². The molecule has 2 rings (SSSR count). The molecule has 0 atom stereocenters. The van der Waals surface area contributed by atoms with Crippen molar-refractivity contribution >= 4 is 10.9 Å². The average molecular weight is 177 g/mol. The Balaban J connectivity index is 2.37. The molecule has 1 N–H and O–H groups in total. The number of hydrogen-bond donors (Lipinski definition) is 1. The van der Waals surface area contributed by atoms with Crippen molar-refractivity contribution in [2.45, 2.75) is 0 Å². The summed E-state index contributed by atoms with van der Waals surface area (Å²) in [5.74, 6) is 0.823. The van der Waals surface area contributed by atoms with Crippen LogP contribution in [0.1, 0.15) is 0 Å². The molecule has 0 saturated carbocycles. The number of nitrogens with one attached hydrogen (secondary N) is 1. The van der Waals surface area contributed by atoms with Gasteiger partial charge in [0.2, 0.25) is 0 Å². The highest BCUT2D eigenvalue weighted by Gasteiger charge is 2.00. The molecule has 0 spiro atoms. The Kier molecular flexibility index (Phi) is 2.19. The first kappa shape index (κ1) is 8.13. The van der Waals surface area contributed by atoms with Crippen LogP contribution in [-0.4, -0.2) is 18.9 Å². The molecular weight excluding hydrogens is 166 g/mol. The van der Waals surface area contributed by atoms with Crippen molar-refractivity contribution in [3.8, 4) is 5.75 Å². The summed E-state index contributed by atoms with van der Waals surface area (Å²) in [6.45, 7) is 0.276. The van der Waals surface area contributed by atoms with E-state index in [1.807, 2.05) is 30.5 Å². The van der Waals surface area contributed by atoms with Crippen LogP contribution in [0.3, 0.4) is 0 Å². The molecule has 3 heteroatoms. The van der Waals surface area contributed by atoms with Gasteiger partial charge < -0.3 is 14.5 Å². The zero-order valence-electron chi connectivity index (χ0n) is 7.41. The van der Waals surface area contributed by atoms with E-state index in [2.05, 4.69) is 4.98 Å². The van der Waals surface area contributed by atoms with E-state index in [0.717, 1.165) is 16.7 Å². The van der Waals surface area contributed by atoms with E-state index in [9.17, 15) is 0 Å². The van der Waals surface area contributed by atoms with Gasteiger partial charge in [-0.05, 0) is 12.1 Å². The van der Waals surface area contributed by atoms with Gasteiger partial charge >= 0.3 is 0 Å². The van der Waals surface area contributed by atoms with Gasteiger partial charge in [0.05, 0.1) is 5.52 Å².